The number of hydrogen-bond acceptors (Lipinski definition) is 3. The van der Waals surface area contributed by atoms with Gasteiger partial charge in [0.2, 0.25) is 0 Å². The van der Waals surface area contributed by atoms with E-state index in [0.29, 0.717) is 6.04 Å². The number of nitrogens with zero attached hydrogens (tertiary/aromatic N) is 3. The molecule has 0 unspecified atom stereocenters. The van der Waals surface area contributed by atoms with Crippen LogP contribution in [0, 0.1) is 5.82 Å². The summed E-state index contributed by atoms with van der Waals surface area (Å²) >= 11 is 0. The first-order valence-corrected chi connectivity index (χ1v) is 5.70. The van der Waals surface area contributed by atoms with Crippen molar-refractivity contribution in [1.29, 1.82) is 0 Å². The van der Waals surface area contributed by atoms with Gasteiger partial charge in [0.1, 0.15) is 11.6 Å². The molecule has 0 radical (unpaired) electrons. The first kappa shape index (κ1) is 11.3. The van der Waals surface area contributed by atoms with Gasteiger partial charge in [0.05, 0.1) is 6.20 Å². The van der Waals surface area contributed by atoms with Crippen molar-refractivity contribution in [1.82, 2.24) is 9.88 Å². The second-order valence-corrected chi connectivity index (χ2v) is 4.52. The molecule has 0 saturated carbocycles. The van der Waals surface area contributed by atoms with Crippen molar-refractivity contribution >= 4 is 5.82 Å². The van der Waals surface area contributed by atoms with E-state index in [1.807, 2.05) is 0 Å². The lowest BCUT2D eigenvalue weighted by Crippen LogP contribution is -2.42. The van der Waals surface area contributed by atoms with Gasteiger partial charge in [-0.25, -0.2) is 9.37 Å². The van der Waals surface area contributed by atoms with E-state index in [-0.39, 0.29) is 5.82 Å². The molecule has 0 atom stereocenters. The summed E-state index contributed by atoms with van der Waals surface area (Å²) in [5.74, 6) is 0.616. The van der Waals surface area contributed by atoms with Crippen LogP contribution in [0.15, 0.2) is 18.3 Å². The fourth-order valence-electron chi connectivity index (χ4n) is 2.17. The fourth-order valence-corrected chi connectivity index (χ4v) is 2.17. The van der Waals surface area contributed by atoms with Crippen molar-refractivity contribution < 1.29 is 4.39 Å². The highest BCUT2D eigenvalue weighted by Gasteiger charge is 2.21. The van der Waals surface area contributed by atoms with Gasteiger partial charge in [-0.2, -0.15) is 0 Å². The van der Waals surface area contributed by atoms with Gasteiger partial charge in [0.25, 0.3) is 0 Å². The highest BCUT2D eigenvalue weighted by atomic mass is 19.1. The largest absolute Gasteiger partial charge is 0.357 e. The highest BCUT2D eigenvalue weighted by Crippen LogP contribution is 2.19. The molecule has 88 valence electrons. The van der Waals surface area contributed by atoms with E-state index in [1.165, 1.54) is 12.3 Å². The third-order valence-electron chi connectivity index (χ3n) is 3.23. The molecule has 0 aromatic carbocycles. The van der Waals surface area contributed by atoms with E-state index in [1.54, 1.807) is 6.07 Å². The van der Waals surface area contributed by atoms with Crippen molar-refractivity contribution in [3.8, 4) is 0 Å². The van der Waals surface area contributed by atoms with E-state index in [9.17, 15) is 4.39 Å². The summed E-state index contributed by atoms with van der Waals surface area (Å²) < 4.78 is 12.7. The quantitative estimate of drug-likeness (QED) is 0.761. The van der Waals surface area contributed by atoms with Gasteiger partial charge in [0, 0.05) is 19.1 Å². The second-order valence-electron chi connectivity index (χ2n) is 4.52. The van der Waals surface area contributed by atoms with Gasteiger partial charge in [-0.05, 0) is 39.1 Å². The summed E-state index contributed by atoms with van der Waals surface area (Å²) in [4.78, 5) is 8.60. The second kappa shape index (κ2) is 4.78. The number of pyridine rings is 1. The molecule has 3 nitrogen and oxygen atoms in total. The van der Waals surface area contributed by atoms with Crippen molar-refractivity contribution in [3.63, 3.8) is 0 Å². The summed E-state index contributed by atoms with van der Waals surface area (Å²) in [7, 11) is 4.24. The van der Waals surface area contributed by atoms with Gasteiger partial charge in [0.15, 0.2) is 0 Å². The van der Waals surface area contributed by atoms with Crippen LogP contribution in [0.3, 0.4) is 0 Å². The maximum Gasteiger partial charge on any atom is 0.141 e. The zero-order valence-electron chi connectivity index (χ0n) is 9.86. The van der Waals surface area contributed by atoms with Crippen LogP contribution in [0.2, 0.25) is 0 Å². The molecule has 2 heterocycles. The number of piperidine rings is 1. The molecule has 0 N–H and O–H groups in total. The molecule has 4 heteroatoms. The van der Waals surface area contributed by atoms with E-state index >= 15 is 0 Å². The van der Waals surface area contributed by atoms with Crippen LogP contribution in [0.25, 0.3) is 0 Å². The molecule has 0 amide bonds. The van der Waals surface area contributed by atoms with Crippen LogP contribution in [-0.4, -0.2) is 43.1 Å². The van der Waals surface area contributed by atoms with E-state index in [4.69, 9.17) is 0 Å². The molecule has 1 saturated heterocycles. The number of halogens is 1. The van der Waals surface area contributed by atoms with E-state index < -0.39 is 0 Å². The molecule has 1 aliphatic rings. The smallest absolute Gasteiger partial charge is 0.141 e. The predicted octanol–water partition coefficient (Wildman–Crippen LogP) is 1.75. The molecule has 1 fully saturated rings. The summed E-state index contributed by atoms with van der Waals surface area (Å²) in [6, 6.07) is 3.89. The van der Waals surface area contributed by atoms with Gasteiger partial charge < -0.3 is 9.80 Å². The Morgan fingerprint density at radius 2 is 2.00 bits per heavy atom. The molecule has 1 aromatic heterocycles. The minimum absolute atomic E-state index is 0.271. The molecular formula is C12H18FN3. The van der Waals surface area contributed by atoms with Crippen LogP contribution in [-0.2, 0) is 0 Å². The average Bonchev–Trinajstić information content (AvgIpc) is 2.30. The average molecular weight is 223 g/mol. The number of aromatic nitrogens is 1. The normalized spacial score (nSPS) is 18.1. The molecular weight excluding hydrogens is 205 g/mol. The lowest BCUT2D eigenvalue weighted by Gasteiger charge is -2.35. The van der Waals surface area contributed by atoms with Crippen LogP contribution in [0.4, 0.5) is 10.2 Å². The number of rotatable bonds is 2. The molecule has 0 spiro atoms. The van der Waals surface area contributed by atoms with Crippen LogP contribution < -0.4 is 4.90 Å². The summed E-state index contributed by atoms with van der Waals surface area (Å²) in [6.45, 7) is 2.00. The van der Waals surface area contributed by atoms with Crippen molar-refractivity contribution in [2.75, 3.05) is 32.1 Å². The Balaban J connectivity index is 1.96. The summed E-state index contributed by atoms with van der Waals surface area (Å²) in [6.07, 6.45) is 3.57. The third kappa shape index (κ3) is 2.50. The van der Waals surface area contributed by atoms with E-state index in [0.717, 1.165) is 31.7 Å². The van der Waals surface area contributed by atoms with Gasteiger partial charge >= 0.3 is 0 Å². The van der Waals surface area contributed by atoms with Crippen LogP contribution in [0.5, 0.6) is 0 Å². The number of anilines is 1. The van der Waals surface area contributed by atoms with Gasteiger partial charge in [-0.1, -0.05) is 0 Å². The third-order valence-corrected chi connectivity index (χ3v) is 3.23. The summed E-state index contributed by atoms with van der Waals surface area (Å²) in [5.41, 5.74) is 0. The molecule has 1 aliphatic heterocycles. The Bertz CT molecular complexity index is 329. The number of hydrogen-bond donors (Lipinski definition) is 0. The Labute approximate surface area is 95.9 Å². The lowest BCUT2D eigenvalue weighted by molar-refractivity contribution is 0.249. The van der Waals surface area contributed by atoms with Crippen molar-refractivity contribution in [2.45, 2.75) is 18.9 Å². The standard InChI is InChI=1S/C12H18FN3/c1-15(2)11-5-7-16(8-6-11)12-4-3-10(13)9-14-12/h3-4,9,11H,5-8H2,1-2H3. The zero-order chi connectivity index (χ0) is 11.5. The van der Waals surface area contributed by atoms with Crippen LogP contribution in [0.1, 0.15) is 12.8 Å². The Morgan fingerprint density at radius 1 is 1.31 bits per heavy atom. The van der Waals surface area contributed by atoms with Crippen molar-refractivity contribution in [2.24, 2.45) is 0 Å². The van der Waals surface area contributed by atoms with Gasteiger partial charge in [-0.15, -0.1) is 0 Å². The zero-order valence-corrected chi connectivity index (χ0v) is 9.86. The molecule has 1 aromatic rings. The first-order chi connectivity index (χ1) is 7.66. The molecule has 2 rings (SSSR count). The van der Waals surface area contributed by atoms with E-state index in [2.05, 4.69) is 28.9 Å². The summed E-state index contributed by atoms with van der Waals surface area (Å²) in [5, 5.41) is 0. The SMILES string of the molecule is CN(C)C1CCN(c2ccc(F)cn2)CC1. The maximum atomic E-state index is 12.7. The first-order valence-electron chi connectivity index (χ1n) is 5.70. The monoisotopic (exact) mass is 223 g/mol. The fraction of sp³-hybridized carbons (Fsp3) is 0.583. The Morgan fingerprint density at radius 3 is 2.50 bits per heavy atom. The Hall–Kier alpha value is -1.16. The van der Waals surface area contributed by atoms with Crippen molar-refractivity contribution in [3.05, 3.63) is 24.1 Å². The molecule has 0 aliphatic carbocycles. The van der Waals surface area contributed by atoms with Gasteiger partial charge in [-0.3, -0.25) is 0 Å². The predicted molar refractivity (Wildman–Crippen MR) is 63.1 cm³/mol. The Kier molecular flexibility index (Phi) is 3.39. The molecule has 0 bridgehead atoms. The lowest BCUT2D eigenvalue weighted by atomic mass is 10.0. The topological polar surface area (TPSA) is 19.4 Å². The minimum Gasteiger partial charge on any atom is -0.357 e. The van der Waals surface area contributed by atoms with Crippen LogP contribution >= 0.6 is 0 Å². The highest BCUT2D eigenvalue weighted by molar-refractivity contribution is 5.38. The molecule has 16 heavy (non-hydrogen) atoms. The minimum atomic E-state index is -0.271. The maximum absolute atomic E-state index is 12.7.